The van der Waals surface area contributed by atoms with E-state index in [0.29, 0.717) is 25.6 Å². The number of carbonyl (C=O) groups is 1. The van der Waals surface area contributed by atoms with E-state index in [9.17, 15) is 13.2 Å². The quantitative estimate of drug-likeness (QED) is 0.891. The summed E-state index contributed by atoms with van der Waals surface area (Å²) in [4.78, 5) is 16.9. The van der Waals surface area contributed by atoms with E-state index >= 15 is 0 Å². The third-order valence-corrected chi connectivity index (χ3v) is 6.05. The number of anilines is 1. The monoisotopic (exact) mass is 351 g/mol. The molecule has 2 heterocycles. The smallest absolute Gasteiger partial charge is 0.241 e. The first-order chi connectivity index (χ1) is 11.4. The highest BCUT2D eigenvalue weighted by Crippen LogP contribution is 2.30. The van der Waals surface area contributed by atoms with Gasteiger partial charge < -0.3 is 4.90 Å². The molecule has 3 rings (SSSR count). The SMILES string of the molecule is CC[C@@H]1CCCCN1CC(=O)N1CCc2cc(S(N)(=O)=O)ccc21. The Labute approximate surface area is 143 Å². The molecule has 1 aromatic rings. The van der Waals surface area contributed by atoms with Crippen molar-refractivity contribution in [3.05, 3.63) is 23.8 Å². The lowest BCUT2D eigenvalue weighted by molar-refractivity contribution is -0.120. The number of carbonyl (C=O) groups excluding carboxylic acids is 1. The van der Waals surface area contributed by atoms with Gasteiger partial charge >= 0.3 is 0 Å². The summed E-state index contributed by atoms with van der Waals surface area (Å²) in [5.41, 5.74) is 1.69. The maximum Gasteiger partial charge on any atom is 0.241 e. The molecule has 0 spiro atoms. The zero-order valence-electron chi connectivity index (χ0n) is 14.1. The van der Waals surface area contributed by atoms with Crippen molar-refractivity contribution in [1.82, 2.24) is 4.90 Å². The lowest BCUT2D eigenvalue weighted by atomic mass is 10.00. The van der Waals surface area contributed by atoms with E-state index in [1.165, 1.54) is 12.5 Å². The summed E-state index contributed by atoms with van der Waals surface area (Å²) in [7, 11) is -3.71. The fourth-order valence-electron chi connectivity index (χ4n) is 3.80. The average molecular weight is 351 g/mol. The normalized spacial score (nSPS) is 21.8. The Morgan fingerprint density at radius 2 is 2.08 bits per heavy atom. The van der Waals surface area contributed by atoms with Gasteiger partial charge in [-0.2, -0.15) is 0 Å². The van der Waals surface area contributed by atoms with Gasteiger partial charge in [0.25, 0.3) is 0 Å². The van der Waals surface area contributed by atoms with Crippen molar-refractivity contribution in [3.63, 3.8) is 0 Å². The van der Waals surface area contributed by atoms with Gasteiger partial charge in [0, 0.05) is 18.3 Å². The van der Waals surface area contributed by atoms with Crippen LogP contribution >= 0.6 is 0 Å². The topological polar surface area (TPSA) is 83.7 Å². The molecule has 0 aromatic heterocycles. The Kier molecular flexibility index (Phi) is 4.94. The highest BCUT2D eigenvalue weighted by Gasteiger charge is 2.29. The summed E-state index contributed by atoms with van der Waals surface area (Å²) < 4.78 is 22.9. The molecule has 2 N–H and O–H groups in total. The van der Waals surface area contributed by atoms with Crippen molar-refractivity contribution in [2.75, 3.05) is 24.5 Å². The number of primary sulfonamides is 1. The van der Waals surface area contributed by atoms with E-state index in [1.54, 1.807) is 17.0 Å². The molecule has 24 heavy (non-hydrogen) atoms. The van der Waals surface area contributed by atoms with Gasteiger partial charge in [-0.25, -0.2) is 13.6 Å². The van der Waals surface area contributed by atoms with Crippen LogP contribution in [0.2, 0.25) is 0 Å². The number of benzene rings is 1. The van der Waals surface area contributed by atoms with Crippen molar-refractivity contribution < 1.29 is 13.2 Å². The van der Waals surface area contributed by atoms with Gasteiger partial charge in [0.15, 0.2) is 0 Å². The summed E-state index contributed by atoms with van der Waals surface area (Å²) in [6.45, 7) is 4.20. The van der Waals surface area contributed by atoms with E-state index < -0.39 is 10.0 Å². The largest absolute Gasteiger partial charge is 0.311 e. The molecule has 0 radical (unpaired) electrons. The van der Waals surface area contributed by atoms with Crippen LogP contribution in [0.25, 0.3) is 0 Å². The minimum Gasteiger partial charge on any atom is -0.311 e. The lowest BCUT2D eigenvalue weighted by Gasteiger charge is -2.35. The zero-order chi connectivity index (χ0) is 17.3. The number of likely N-dealkylation sites (tertiary alicyclic amines) is 1. The number of rotatable bonds is 4. The molecule has 2 aliphatic rings. The molecule has 0 saturated carbocycles. The van der Waals surface area contributed by atoms with Crippen molar-refractivity contribution in [2.24, 2.45) is 5.14 Å². The van der Waals surface area contributed by atoms with Crippen LogP contribution in [-0.2, 0) is 21.2 Å². The molecule has 1 atom stereocenters. The van der Waals surface area contributed by atoms with Crippen LogP contribution < -0.4 is 10.0 Å². The molecular weight excluding hydrogens is 326 g/mol. The maximum atomic E-state index is 12.8. The second-order valence-corrected chi connectivity index (χ2v) is 8.22. The zero-order valence-corrected chi connectivity index (χ0v) is 14.9. The third-order valence-electron chi connectivity index (χ3n) is 5.13. The van der Waals surface area contributed by atoms with Crippen LogP contribution in [0.5, 0.6) is 0 Å². The molecule has 0 aliphatic carbocycles. The number of amides is 1. The molecule has 1 saturated heterocycles. The van der Waals surface area contributed by atoms with Gasteiger partial charge in [-0.1, -0.05) is 13.3 Å². The van der Waals surface area contributed by atoms with Crippen LogP contribution in [0.1, 0.15) is 38.2 Å². The van der Waals surface area contributed by atoms with E-state index in [-0.39, 0.29) is 10.8 Å². The Morgan fingerprint density at radius 3 is 2.79 bits per heavy atom. The number of hydrogen-bond acceptors (Lipinski definition) is 4. The highest BCUT2D eigenvalue weighted by atomic mass is 32.2. The molecule has 2 aliphatic heterocycles. The van der Waals surface area contributed by atoms with Crippen molar-refractivity contribution in [3.8, 4) is 0 Å². The van der Waals surface area contributed by atoms with E-state index in [1.807, 2.05) is 0 Å². The minimum atomic E-state index is -3.71. The lowest BCUT2D eigenvalue weighted by Crippen LogP contribution is -2.46. The van der Waals surface area contributed by atoms with Gasteiger partial charge in [0.05, 0.1) is 11.4 Å². The van der Waals surface area contributed by atoms with Crippen molar-refractivity contribution >= 4 is 21.6 Å². The van der Waals surface area contributed by atoms with E-state index in [0.717, 1.165) is 37.1 Å². The Hall–Kier alpha value is -1.44. The molecule has 6 nitrogen and oxygen atoms in total. The number of hydrogen-bond donors (Lipinski definition) is 1. The second-order valence-electron chi connectivity index (χ2n) is 6.66. The Bertz CT molecular complexity index is 733. The average Bonchev–Trinajstić information content (AvgIpc) is 2.97. The second kappa shape index (κ2) is 6.82. The summed E-state index contributed by atoms with van der Waals surface area (Å²) in [5.74, 6) is 0.0949. The molecule has 0 bridgehead atoms. The van der Waals surface area contributed by atoms with Crippen LogP contribution in [0.4, 0.5) is 5.69 Å². The predicted molar refractivity (Wildman–Crippen MR) is 93.4 cm³/mol. The minimum absolute atomic E-state index is 0.0949. The first-order valence-electron chi connectivity index (χ1n) is 8.60. The number of sulfonamides is 1. The number of nitrogens with two attached hydrogens (primary N) is 1. The first-order valence-corrected chi connectivity index (χ1v) is 10.1. The molecule has 132 valence electrons. The molecule has 1 fully saturated rings. The summed E-state index contributed by atoms with van der Waals surface area (Å²) in [6.07, 6.45) is 5.30. The van der Waals surface area contributed by atoms with Gasteiger partial charge in [-0.3, -0.25) is 9.69 Å². The molecule has 1 amide bonds. The standard InChI is InChI=1S/C17H25N3O3S/c1-2-14-5-3-4-9-19(14)12-17(21)20-10-8-13-11-15(24(18,22)23)6-7-16(13)20/h6-7,11,14H,2-5,8-10,12H2,1H3,(H2,18,22,23)/t14-/m1/s1. The summed E-state index contributed by atoms with van der Waals surface area (Å²) in [5, 5.41) is 5.18. The van der Waals surface area contributed by atoms with Crippen LogP contribution in [0, 0.1) is 0 Å². The van der Waals surface area contributed by atoms with Crippen molar-refractivity contribution in [1.29, 1.82) is 0 Å². The summed E-state index contributed by atoms with van der Waals surface area (Å²) >= 11 is 0. The fraction of sp³-hybridized carbons (Fsp3) is 0.588. The van der Waals surface area contributed by atoms with Crippen LogP contribution in [0.15, 0.2) is 23.1 Å². The summed E-state index contributed by atoms with van der Waals surface area (Å²) in [6, 6.07) is 5.27. The first kappa shape index (κ1) is 17.4. The van der Waals surface area contributed by atoms with Crippen LogP contribution in [0.3, 0.4) is 0 Å². The molecule has 7 heteroatoms. The van der Waals surface area contributed by atoms with Gasteiger partial charge in [0.2, 0.25) is 15.9 Å². The predicted octanol–water partition coefficient (Wildman–Crippen LogP) is 1.49. The van der Waals surface area contributed by atoms with Crippen LogP contribution in [-0.4, -0.2) is 44.9 Å². The van der Waals surface area contributed by atoms with Crippen molar-refractivity contribution in [2.45, 2.75) is 50.0 Å². The van der Waals surface area contributed by atoms with Gasteiger partial charge in [0.1, 0.15) is 0 Å². The maximum absolute atomic E-state index is 12.8. The fourth-order valence-corrected chi connectivity index (χ4v) is 4.37. The number of nitrogens with zero attached hydrogens (tertiary/aromatic N) is 2. The molecule has 1 aromatic carbocycles. The molecule has 0 unspecified atom stereocenters. The third kappa shape index (κ3) is 3.48. The highest BCUT2D eigenvalue weighted by molar-refractivity contribution is 7.89. The molecular formula is C17H25N3O3S. The van der Waals surface area contributed by atoms with Gasteiger partial charge in [-0.05, 0) is 56.0 Å². The number of fused-ring (bicyclic) bond motifs is 1. The van der Waals surface area contributed by atoms with E-state index in [4.69, 9.17) is 5.14 Å². The van der Waals surface area contributed by atoms with E-state index in [2.05, 4.69) is 11.8 Å². The Balaban J connectivity index is 1.75. The van der Waals surface area contributed by atoms with Gasteiger partial charge in [-0.15, -0.1) is 0 Å². The Morgan fingerprint density at radius 1 is 1.29 bits per heavy atom. The number of piperidine rings is 1.